The molecule has 2 aromatic carbocycles. The molecule has 2 amide bonds. The fraction of sp³-hybridized carbons (Fsp3) is 0.300. The predicted octanol–water partition coefficient (Wildman–Crippen LogP) is 4.47. The second-order valence-electron chi connectivity index (χ2n) is 7.06. The normalized spacial score (nSPS) is 19.1. The van der Waals surface area contributed by atoms with E-state index in [1.807, 2.05) is 68.4 Å². The zero-order valence-electron chi connectivity index (χ0n) is 14.3. The summed E-state index contributed by atoms with van der Waals surface area (Å²) in [5.74, 6) is -0.453. The summed E-state index contributed by atoms with van der Waals surface area (Å²) < 4.78 is 0.973. The molecule has 0 spiro atoms. The van der Waals surface area contributed by atoms with Gasteiger partial charge < -0.3 is 10.2 Å². The highest BCUT2D eigenvalue weighted by molar-refractivity contribution is 9.10. The van der Waals surface area contributed by atoms with Crippen molar-refractivity contribution in [3.8, 4) is 0 Å². The van der Waals surface area contributed by atoms with Crippen molar-refractivity contribution in [2.75, 3.05) is 16.8 Å². The monoisotopic (exact) mass is 400 g/mol. The Labute approximate surface area is 156 Å². The summed E-state index contributed by atoms with van der Waals surface area (Å²) in [6.45, 7) is 4.70. The first-order valence-corrected chi connectivity index (χ1v) is 9.08. The van der Waals surface area contributed by atoms with E-state index in [9.17, 15) is 9.59 Å². The van der Waals surface area contributed by atoms with E-state index in [2.05, 4.69) is 21.2 Å². The molecule has 0 saturated carbocycles. The van der Waals surface area contributed by atoms with Gasteiger partial charge in [-0.05, 0) is 41.8 Å². The van der Waals surface area contributed by atoms with E-state index in [4.69, 9.17) is 0 Å². The number of anilines is 2. The van der Waals surface area contributed by atoms with Gasteiger partial charge in [-0.15, -0.1) is 0 Å². The van der Waals surface area contributed by atoms with E-state index in [0.29, 0.717) is 6.54 Å². The van der Waals surface area contributed by atoms with Crippen molar-refractivity contribution in [3.05, 3.63) is 59.1 Å². The Morgan fingerprint density at radius 1 is 1.16 bits per heavy atom. The Morgan fingerprint density at radius 2 is 1.80 bits per heavy atom. The summed E-state index contributed by atoms with van der Waals surface area (Å²) in [5, 5.41) is 2.87. The Bertz CT molecular complexity index is 772. The van der Waals surface area contributed by atoms with Gasteiger partial charge in [0.1, 0.15) is 0 Å². The van der Waals surface area contributed by atoms with Crippen LogP contribution >= 0.6 is 15.9 Å². The summed E-state index contributed by atoms with van der Waals surface area (Å²) in [7, 11) is 0. The van der Waals surface area contributed by atoms with Gasteiger partial charge in [-0.25, -0.2) is 0 Å². The summed E-state index contributed by atoms with van der Waals surface area (Å²) >= 11 is 3.41. The number of amides is 2. The molecular weight excluding hydrogens is 380 g/mol. The lowest BCUT2D eigenvalue weighted by molar-refractivity contribution is -0.126. The van der Waals surface area contributed by atoms with Crippen molar-refractivity contribution in [2.45, 2.75) is 20.3 Å². The average molecular weight is 401 g/mol. The minimum Gasteiger partial charge on any atom is -0.326 e. The Morgan fingerprint density at radius 3 is 2.44 bits per heavy atom. The van der Waals surface area contributed by atoms with Crippen LogP contribution in [0.2, 0.25) is 0 Å². The largest absolute Gasteiger partial charge is 0.326 e. The highest BCUT2D eigenvalue weighted by Gasteiger charge is 2.47. The molecule has 0 unspecified atom stereocenters. The van der Waals surface area contributed by atoms with Crippen LogP contribution in [0.4, 0.5) is 11.4 Å². The van der Waals surface area contributed by atoms with Gasteiger partial charge in [0.25, 0.3) is 0 Å². The second kappa shape index (κ2) is 7.00. The standard InChI is InChI=1S/C20H21BrN2O2/c1-20(2)13-23(16-10-8-14(21)9-11-16)19(25)17(20)12-18(24)22-15-6-4-3-5-7-15/h3-11,17H,12-13H2,1-2H3,(H,22,24)/t17-/m1/s1. The maximum absolute atomic E-state index is 12.9. The van der Waals surface area contributed by atoms with Gasteiger partial charge in [-0.1, -0.05) is 48.0 Å². The third-order valence-electron chi connectivity index (χ3n) is 4.66. The quantitative estimate of drug-likeness (QED) is 0.822. The molecule has 0 bridgehead atoms. The first-order valence-electron chi connectivity index (χ1n) is 8.29. The van der Waals surface area contributed by atoms with Gasteiger partial charge in [-0.3, -0.25) is 9.59 Å². The second-order valence-corrected chi connectivity index (χ2v) is 7.98. The van der Waals surface area contributed by atoms with Gasteiger partial charge in [0, 0.05) is 28.8 Å². The third-order valence-corrected chi connectivity index (χ3v) is 5.19. The van der Waals surface area contributed by atoms with Crippen LogP contribution in [-0.2, 0) is 9.59 Å². The molecular formula is C20H21BrN2O2. The summed E-state index contributed by atoms with van der Waals surface area (Å²) in [6.07, 6.45) is 0.188. The summed E-state index contributed by atoms with van der Waals surface area (Å²) in [6, 6.07) is 17.0. The van der Waals surface area contributed by atoms with Crippen molar-refractivity contribution in [1.82, 2.24) is 0 Å². The molecule has 1 heterocycles. The lowest BCUT2D eigenvalue weighted by Crippen LogP contribution is -2.30. The van der Waals surface area contributed by atoms with Gasteiger partial charge in [0.05, 0.1) is 5.92 Å². The number of nitrogens with one attached hydrogen (secondary N) is 1. The number of carbonyl (C=O) groups is 2. The molecule has 0 aromatic heterocycles. The van der Waals surface area contributed by atoms with Crippen LogP contribution < -0.4 is 10.2 Å². The van der Waals surface area contributed by atoms with E-state index in [0.717, 1.165) is 15.8 Å². The lowest BCUT2D eigenvalue weighted by Gasteiger charge is -2.23. The molecule has 1 N–H and O–H groups in total. The highest BCUT2D eigenvalue weighted by Crippen LogP contribution is 2.40. The van der Waals surface area contributed by atoms with E-state index in [-0.39, 0.29) is 29.6 Å². The van der Waals surface area contributed by atoms with Crippen LogP contribution in [0.15, 0.2) is 59.1 Å². The number of carbonyl (C=O) groups excluding carboxylic acids is 2. The van der Waals surface area contributed by atoms with Crippen LogP contribution in [0, 0.1) is 11.3 Å². The molecule has 2 aromatic rings. The van der Waals surface area contributed by atoms with E-state index in [1.165, 1.54) is 0 Å². The van der Waals surface area contributed by atoms with Crippen LogP contribution in [-0.4, -0.2) is 18.4 Å². The zero-order chi connectivity index (χ0) is 18.0. The van der Waals surface area contributed by atoms with Crippen LogP contribution in [0.5, 0.6) is 0 Å². The number of benzene rings is 2. The molecule has 3 rings (SSSR count). The predicted molar refractivity (Wildman–Crippen MR) is 103 cm³/mol. The molecule has 130 valence electrons. The molecule has 0 radical (unpaired) electrons. The minimum absolute atomic E-state index is 0.00975. The molecule has 1 aliphatic heterocycles. The number of halogens is 1. The van der Waals surface area contributed by atoms with Crippen molar-refractivity contribution in [1.29, 1.82) is 0 Å². The molecule has 0 aliphatic carbocycles. The van der Waals surface area contributed by atoms with Gasteiger partial charge in [0.15, 0.2) is 0 Å². The first kappa shape index (κ1) is 17.7. The highest BCUT2D eigenvalue weighted by atomic mass is 79.9. The van der Waals surface area contributed by atoms with Crippen molar-refractivity contribution in [3.63, 3.8) is 0 Å². The maximum atomic E-state index is 12.9. The van der Waals surface area contributed by atoms with Gasteiger partial charge in [-0.2, -0.15) is 0 Å². The first-order chi connectivity index (χ1) is 11.9. The molecule has 25 heavy (non-hydrogen) atoms. The van der Waals surface area contributed by atoms with Gasteiger partial charge >= 0.3 is 0 Å². The fourth-order valence-electron chi connectivity index (χ4n) is 3.24. The Balaban J connectivity index is 1.73. The Hall–Kier alpha value is -2.14. The molecule has 1 aliphatic rings. The fourth-order valence-corrected chi connectivity index (χ4v) is 3.50. The number of rotatable bonds is 4. The van der Waals surface area contributed by atoms with Crippen molar-refractivity contribution >= 4 is 39.1 Å². The average Bonchev–Trinajstić information content (AvgIpc) is 2.80. The van der Waals surface area contributed by atoms with E-state index >= 15 is 0 Å². The molecule has 1 saturated heterocycles. The van der Waals surface area contributed by atoms with Crippen LogP contribution in [0.1, 0.15) is 20.3 Å². The number of hydrogen-bond donors (Lipinski definition) is 1. The Kier molecular flexibility index (Phi) is 4.95. The molecule has 1 atom stereocenters. The smallest absolute Gasteiger partial charge is 0.231 e. The zero-order valence-corrected chi connectivity index (χ0v) is 15.9. The maximum Gasteiger partial charge on any atom is 0.231 e. The third kappa shape index (κ3) is 3.93. The lowest BCUT2D eigenvalue weighted by atomic mass is 9.79. The van der Waals surface area contributed by atoms with Gasteiger partial charge in [0.2, 0.25) is 11.8 Å². The molecule has 1 fully saturated rings. The number of para-hydroxylation sites is 1. The van der Waals surface area contributed by atoms with Crippen LogP contribution in [0.25, 0.3) is 0 Å². The number of nitrogens with zero attached hydrogens (tertiary/aromatic N) is 1. The van der Waals surface area contributed by atoms with Crippen molar-refractivity contribution in [2.24, 2.45) is 11.3 Å². The minimum atomic E-state index is -0.333. The van der Waals surface area contributed by atoms with Crippen molar-refractivity contribution < 1.29 is 9.59 Å². The molecule has 4 nitrogen and oxygen atoms in total. The topological polar surface area (TPSA) is 49.4 Å². The van der Waals surface area contributed by atoms with Crippen LogP contribution in [0.3, 0.4) is 0 Å². The van der Waals surface area contributed by atoms with E-state index in [1.54, 1.807) is 4.90 Å². The SMILES string of the molecule is CC1(C)CN(c2ccc(Br)cc2)C(=O)[C@H]1CC(=O)Nc1ccccc1. The number of hydrogen-bond acceptors (Lipinski definition) is 2. The summed E-state index contributed by atoms with van der Waals surface area (Å²) in [5.41, 5.74) is 1.35. The molecule has 5 heteroatoms. The summed E-state index contributed by atoms with van der Waals surface area (Å²) in [4.78, 5) is 27.1. The van der Waals surface area contributed by atoms with E-state index < -0.39 is 0 Å².